The average molecular weight is 321 g/mol. The van der Waals surface area contributed by atoms with Gasteiger partial charge in [0.1, 0.15) is 17.9 Å². The number of fused-ring (bicyclic) bond motifs is 2. The molecule has 5 nitrogen and oxygen atoms in total. The van der Waals surface area contributed by atoms with Gasteiger partial charge in [-0.25, -0.2) is 4.39 Å². The molecule has 1 aromatic carbocycles. The van der Waals surface area contributed by atoms with E-state index in [9.17, 15) is 14.3 Å². The molecule has 4 rings (SSSR count). The monoisotopic (exact) mass is 321 g/mol. The first-order valence-electron chi connectivity index (χ1n) is 8.16. The van der Waals surface area contributed by atoms with Crippen molar-refractivity contribution in [2.75, 3.05) is 13.2 Å². The lowest BCUT2D eigenvalue weighted by Gasteiger charge is -2.28. The Labute approximate surface area is 134 Å². The van der Waals surface area contributed by atoms with Crippen molar-refractivity contribution in [3.05, 3.63) is 23.0 Å². The van der Waals surface area contributed by atoms with Crippen LogP contribution in [0.5, 0.6) is 11.5 Å². The van der Waals surface area contributed by atoms with Crippen molar-refractivity contribution in [3.63, 3.8) is 0 Å². The summed E-state index contributed by atoms with van der Waals surface area (Å²) in [4.78, 5) is 14.5. The first-order chi connectivity index (χ1) is 11.0. The summed E-state index contributed by atoms with van der Waals surface area (Å²) in [5.74, 6) is -0.415. The van der Waals surface area contributed by atoms with Gasteiger partial charge in [0.2, 0.25) is 0 Å². The van der Waals surface area contributed by atoms with Crippen LogP contribution in [0.25, 0.3) is 0 Å². The van der Waals surface area contributed by atoms with E-state index in [-0.39, 0.29) is 35.9 Å². The number of carbonyl (C=O) groups is 1. The maximum Gasteiger partial charge on any atom is 0.261 e. The van der Waals surface area contributed by atoms with E-state index in [0.29, 0.717) is 24.3 Å². The third-order valence-electron chi connectivity index (χ3n) is 5.00. The fraction of sp³-hybridized carbons (Fsp3) is 0.588. The maximum absolute atomic E-state index is 14.6. The molecular formula is C17H20FNO4. The quantitative estimate of drug-likeness (QED) is 0.905. The highest BCUT2D eigenvalue weighted by molar-refractivity contribution is 6.00. The molecule has 1 N–H and O–H groups in total. The highest BCUT2D eigenvalue weighted by Gasteiger charge is 2.41. The van der Waals surface area contributed by atoms with Crippen molar-refractivity contribution < 1.29 is 23.8 Å². The molecule has 6 heteroatoms. The van der Waals surface area contributed by atoms with Gasteiger partial charge in [0.25, 0.3) is 5.91 Å². The zero-order valence-electron chi connectivity index (χ0n) is 13.0. The summed E-state index contributed by atoms with van der Waals surface area (Å²) in [7, 11) is 0. The van der Waals surface area contributed by atoms with E-state index in [2.05, 4.69) is 0 Å². The van der Waals surface area contributed by atoms with Crippen LogP contribution < -0.4 is 9.47 Å². The Kier molecular flexibility index (Phi) is 3.44. The molecule has 3 aliphatic rings. The van der Waals surface area contributed by atoms with Crippen LogP contribution in [0.2, 0.25) is 0 Å². The molecule has 0 unspecified atom stereocenters. The van der Waals surface area contributed by atoms with Crippen LogP contribution in [-0.4, -0.2) is 47.3 Å². The van der Waals surface area contributed by atoms with E-state index < -0.39 is 11.9 Å². The van der Waals surface area contributed by atoms with Crippen LogP contribution in [0.15, 0.2) is 6.07 Å². The normalized spacial score (nSPS) is 26.9. The van der Waals surface area contributed by atoms with Crippen molar-refractivity contribution in [1.29, 1.82) is 0 Å². The summed E-state index contributed by atoms with van der Waals surface area (Å²) in [5.41, 5.74) is 0.574. The van der Waals surface area contributed by atoms with Gasteiger partial charge in [0.05, 0.1) is 18.2 Å². The van der Waals surface area contributed by atoms with Gasteiger partial charge in [0, 0.05) is 6.54 Å². The number of ether oxygens (including phenoxy) is 2. The van der Waals surface area contributed by atoms with E-state index in [4.69, 9.17) is 9.47 Å². The molecule has 1 aliphatic carbocycles. The predicted molar refractivity (Wildman–Crippen MR) is 80.3 cm³/mol. The molecule has 0 radical (unpaired) electrons. The third-order valence-corrected chi connectivity index (χ3v) is 5.00. The molecule has 1 aromatic rings. The molecule has 1 saturated heterocycles. The number of amides is 1. The molecule has 1 saturated carbocycles. The summed E-state index contributed by atoms with van der Waals surface area (Å²) in [6.45, 7) is 2.21. The lowest BCUT2D eigenvalue weighted by atomic mass is 9.96. The Morgan fingerprint density at radius 3 is 2.91 bits per heavy atom. The largest absolute Gasteiger partial charge is 0.490 e. The Bertz CT molecular complexity index is 658. The molecule has 1 amide bonds. The van der Waals surface area contributed by atoms with Gasteiger partial charge in [-0.2, -0.15) is 0 Å². The van der Waals surface area contributed by atoms with Crippen molar-refractivity contribution in [3.8, 4) is 11.5 Å². The van der Waals surface area contributed by atoms with Crippen molar-refractivity contribution in [1.82, 2.24) is 4.90 Å². The van der Waals surface area contributed by atoms with Crippen LogP contribution in [0.1, 0.15) is 41.6 Å². The van der Waals surface area contributed by atoms with E-state index in [1.54, 1.807) is 17.9 Å². The van der Waals surface area contributed by atoms with Gasteiger partial charge < -0.3 is 19.5 Å². The Morgan fingerprint density at radius 1 is 1.43 bits per heavy atom. The summed E-state index contributed by atoms with van der Waals surface area (Å²) < 4.78 is 26.2. The number of aliphatic hydroxyl groups is 1. The number of halogens is 1. The van der Waals surface area contributed by atoms with Gasteiger partial charge >= 0.3 is 0 Å². The van der Waals surface area contributed by atoms with Gasteiger partial charge in [-0.05, 0) is 44.2 Å². The van der Waals surface area contributed by atoms with Crippen LogP contribution in [0, 0.1) is 12.7 Å². The van der Waals surface area contributed by atoms with E-state index >= 15 is 0 Å². The van der Waals surface area contributed by atoms with Crippen molar-refractivity contribution in [2.45, 2.75) is 50.9 Å². The molecule has 2 aliphatic heterocycles. The second-order valence-electron chi connectivity index (χ2n) is 6.69. The summed E-state index contributed by atoms with van der Waals surface area (Å²) in [6, 6.07) is 1.39. The van der Waals surface area contributed by atoms with Gasteiger partial charge in [-0.3, -0.25) is 4.79 Å². The highest BCUT2D eigenvalue weighted by atomic mass is 19.1. The lowest BCUT2D eigenvalue weighted by molar-refractivity contribution is 0.0694. The van der Waals surface area contributed by atoms with Gasteiger partial charge in [0.15, 0.2) is 11.6 Å². The number of nitrogens with zero attached hydrogens (tertiary/aromatic N) is 1. The fourth-order valence-electron chi connectivity index (χ4n) is 3.44. The van der Waals surface area contributed by atoms with Crippen molar-refractivity contribution in [2.24, 2.45) is 0 Å². The number of rotatable bonds is 2. The zero-order chi connectivity index (χ0) is 16.1. The Balaban J connectivity index is 1.78. The molecule has 124 valence electrons. The topological polar surface area (TPSA) is 59.0 Å². The second kappa shape index (κ2) is 5.37. The van der Waals surface area contributed by atoms with Crippen LogP contribution in [0.4, 0.5) is 4.39 Å². The minimum absolute atomic E-state index is 0.0109. The Hall–Kier alpha value is -1.82. The fourth-order valence-corrected chi connectivity index (χ4v) is 3.44. The first-order valence-corrected chi connectivity index (χ1v) is 8.16. The highest BCUT2D eigenvalue weighted by Crippen LogP contribution is 2.40. The smallest absolute Gasteiger partial charge is 0.261 e. The number of aryl methyl sites for hydroxylation is 1. The first kappa shape index (κ1) is 14.8. The SMILES string of the molecule is Cc1cc2c(c(OC3CCC3)c1F)C(=O)N1C[C@@H](O)C[C@@H]1CO2. The van der Waals surface area contributed by atoms with Crippen LogP contribution in [-0.2, 0) is 0 Å². The van der Waals surface area contributed by atoms with Crippen LogP contribution in [0.3, 0.4) is 0 Å². The number of carbonyl (C=O) groups excluding carboxylic acids is 1. The Morgan fingerprint density at radius 2 is 2.22 bits per heavy atom. The summed E-state index contributed by atoms with van der Waals surface area (Å²) in [6.07, 6.45) is 2.71. The predicted octanol–water partition coefficient (Wildman–Crippen LogP) is 2.03. The van der Waals surface area contributed by atoms with E-state index in [1.165, 1.54) is 0 Å². The van der Waals surface area contributed by atoms with E-state index in [1.807, 2.05) is 0 Å². The summed E-state index contributed by atoms with van der Waals surface area (Å²) in [5, 5.41) is 9.82. The second-order valence-corrected chi connectivity index (χ2v) is 6.69. The van der Waals surface area contributed by atoms with Gasteiger partial charge in [-0.1, -0.05) is 0 Å². The molecule has 0 spiro atoms. The molecule has 23 heavy (non-hydrogen) atoms. The number of aliphatic hydroxyl groups excluding tert-OH is 1. The summed E-state index contributed by atoms with van der Waals surface area (Å²) >= 11 is 0. The zero-order valence-corrected chi connectivity index (χ0v) is 13.0. The average Bonchev–Trinajstić information content (AvgIpc) is 2.79. The molecular weight excluding hydrogens is 301 g/mol. The molecule has 2 fully saturated rings. The lowest BCUT2D eigenvalue weighted by Crippen LogP contribution is -2.37. The minimum atomic E-state index is -0.555. The standard InChI is InChI=1S/C17H20FNO4/c1-9-5-13-14(16(15(9)18)23-12-3-2-4-12)17(21)19-7-11(20)6-10(19)8-22-13/h5,10-12,20H,2-4,6-8H2,1H3/t10-,11+/m1/s1. The number of benzene rings is 1. The molecule has 2 atom stereocenters. The minimum Gasteiger partial charge on any atom is -0.490 e. The maximum atomic E-state index is 14.6. The van der Waals surface area contributed by atoms with Crippen LogP contribution >= 0.6 is 0 Å². The number of hydrogen-bond donors (Lipinski definition) is 1. The van der Waals surface area contributed by atoms with Crippen molar-refractivity contribution >= 4 is 5.91 Å². The molecule has 2 heterocycles. The van der Waals surface area contributed by atoms with Gasteiger partial charge in [-0.15, -0.1) is 0 Å². The number of hydrogen-bond acceptors (Lipinski definition) is 4. The third kappa shape index (κ3) is 2.36. The van der Waals surface area contributed by atoms with E-state index in [0.717, 1.165) is 19.3 Å². The molecule has 0 bridgehead atoms. The molecule has 0 aromatic heterocycles.